The van der Waals surface area contributed by atoms with Gasteiger partial charge in [0.15, 0.2) is 0 Å². The molecule has 1 aromatic rings. The topological polar surface area (TPSA) is 42.4 Å². The average molecular weight is 261 g/mol. The van der Waals surface area contributed by atoms with Gasteiger partial charge in [-0.25, -0.2) is 9.78 Å². The summed E-state index contributed by atoms with van der Waals surface area (Å²) in [5.41, 5.74) is 0.933. The number of carbonyl (C=O) groups is 1. The number of hydrogen-bond acceptors (Lipinski definition) is 4. The zero-order valence-electron chi connectivity index (χ0n) is 8.82. The summed E-state index contributed by atoms with van der Waals surface area (Å²) < 4.78 is 4.85. The number of halogens is 1. The highest BCUT2D eigenvalue weighted by molar-refractivity contribution is 7.09. The Morgan fingerprint density at radius 3 is 3.12 bits per heavy atom. The van der Waals surface area contributed by atoms with Gasteiger partial charge in [0.1, 0.15) is 6.61 Å². The number of amides is 1. The highest BCUT2D eigenvalue weighted by Gasteiger charge is 2.20. The minimum atomic E-state index is -0.194. The van der Waals surface area contributed by atoms with Crippen LogP contribution in [0.5, 0.6) is 0 Å². The molecule has 2 rings (SSSR count). The maximum Gasteiger partial charge on any atom is 0.409 e. The lowest BCUT2D eigenvalue weighted by molar-refractivity contribution is 0.158. The maximum absolute atomic E-state index is 11.1. The molecule has 4 nitrogen and oxygen atoms in total. The standard InChI is InChI=1S/C10H13ClN2O2S/c11-6-8-7-16-9(12-8)2-1-3-13-4-5-15-10(13)14/h7H,1-6H2. The Labute approximate surface area is 103 Å². The van der Waals surface area contributed by atoms with Crippen molar-refractivity contribution >= 4 is 29.0 Å². The number of thiazole rings is 1. The van der Waals surface area contributed by atoms with Crippen LogP contribution in [0.2, 0.25) is 0 Å². The largest absolute Gasteiger partial charge is 0.448 e. The van der Waals surface area contributed by atoms with E-state index >= 15 is 0 Å². The molecule has 0 saturated carbocycles. The first kappa shape index (κ1) is 11.7. The number of cyclic esters (lactones) is 1. The summed E-state index contributed by atoms with van der Waals surface area (Å²) in [5, 5.41) is 3.06. The van der Waals surface area contributed by atoms with Crippen LogP contribution >= 0.6 is 22.9 Å². The SMILES string of the molecule is O=C1OCCN1CCCc1nc(CCl)cs1. The van der Waals surface area contributed by atoms with E-state index in [1.807, 2.05) is 5.38 Å². The lowest BCUT2D eigenvalue weighted by Crippen LogP contribution is -2.25. The van der Waals surface area contributed by atoms with Crippen molar-refractivity contribution < 1.29 is 9.53 Å². The van der Waals surface area contributed by atoms with Gasteiger partial charge in [0, 0.05) is 18.3 Å². The summed E-state index contributed by atoms with van der Waals surface area (Å²) >= 11 is 7.30. The van der Waals surface area contributed by atoms with Gasteiger partial charge >= 0.3 is 6.09 Å². The van der Waals surface area contributed by atoms with Crippen molar-refractivity contribution in [2.75, 3.05) is 19.7 Å². The molecule has 16 heavy (non-hydrogen) atoms. The molecule has 0 aromatic carbocycles. The second-order valence-corrected chi connectivity index (χ2v) is 4.78. The van der Waals surface area contributed by atoms with Gasteiger partial charge in [-0.3, -0.25) is 0 Å². The first-order valence-electron chi connectivity index (χ1n) is 5.20. The lowest BCUT2D eigenvalue weighted by atomic mass is 10.3. The highest BCUT2D eigenvalue weighted by Crippen LogP contribution is 2.14. The zero-order valence-corrected chi connectivity index (χ0v) is 10.4. The second kappa shape index (κ2) is 5.50. The molecule has 0 spiro atoms. The molecule has 0 aliphatic carbocycles. The zero-order chi connectivity index (χ0) is 11.4. The van der Waals surface area contributed by atoms with Gasteiger partial charge in [0.2, 0.25) is 0 Å². The second-order valence-electron chi connectivity index (χ2n) is 3.57. The van der Waals surface area contributed by atoms with Gasteiger partial charge < -0.3 is 9.64 Å². The van der Waals surface area contributed by atoms with Crippen molar-refractivity contribution in [1.82, 2.24) is 9.88 Å². The van der Waals surface area contributed by atoms with Gasteiger partial charge in [-0.1, -0.05) is 0 Å². The summed E-state index contributed by atoms with van der Waals surface area (Å²) in [5.74, 6) is 0.467. The number of aromatic nitrogens is 1. The third-order valence-corrected chi connectivity index (χ3v) is 3.63. The fourth-order valence-corrected chi connectivity index (χ4v) is 2.64. The van der Waals surface area contributed by atoms with Crippen molar-refractivity contribution in [1.29, 1.82) is 0 Å². The molecule has 1 amide bonds. The predicted molar refractivity (Wildman–Crippen MR) is 62.9 cm³/mol. The van der Waals surface area contributed by atoms with Gasteiger partial charge in [0.25, 0.3) is 0 Å². The molecular formula is C10H13ClN2O2S. The third-order valence-electron chi connectivity index (χ3n) is 2.40. The number of aryl methyl sites for hydroxylation is 1. The minimum Gasteiger partial charge on any atom is -0.448 e. The molecule has 1 fully saturated rings. The van der Waals surface area contributed by atoms with Crippen molar-refractivity contribution in [3.8, 4) is 0 Å². The monoisotopic (exact) mass is 260 g/mol. The van der Waals surface area contributed by atoms with E-state index in [0.29, 0.717) is 19.0 Å². The Morgan fingerprint density at radius 1 is 1.62 bits per heavy atom. The number of carbonyl (C=O) groups excluding carboxylic acids is 1. The number of ether oxygens (including phenoxy) is 1. The molecule has 1 saturated heterocycles. The van der Waals surface area contributed by atoms with E-state index in [2.05, 4.69) is 4.98 Å². The van der Waals surface area contributed by atoms with Crippen molar-refractivity contribution in [3.05, 3.63) is 16.1 Å². The molecule has 2 heterocycles. The van der Waals surface area contributed by atoms with Crippen molar-refractivity contribution in [2.24, 2.45) is 0 Å². The minimum absolute atomic E-state index is 0.194. The molecule has 0 atom stereocenters. The summed E-state index contributed by atoms with van der Waals surface area (Å²) in [6.45, 7) is 1.98. The highest BCUT2D eigenvalue weighted by atomic mass is 35.5. The van der Waals surface area contributed by atoms with Gasteiger partial charge in [-0.2, -0.15) is 0 Å². The molecule has 6 heteroatoms. The van der Waals surface area contributed by atoms with E-state index < -0.39 is 0 Å². The van der Waals surface area contributed by atoms with Crippen molar-refractivity contribution in [3.63, 3.8) is 0 Å². The Morgan fingerprint density at radius 2 is 2.50 bits per heavy atom. The van der Waals surface area contributed by atoms with Crippen LogP contribution in [-0.2, 0) is 17.0 Å². The molecule has 0 radical (unpaired) electrons. The van der Waals surface area contributed by atoms with Crippen LogP contribution in [0.1, 0.15) is 17.1 Å². The first-order valence-corrected chi connectivity index (χ1v) is 6.62. The summed E-state index contributed by atoms with van der Waals surface area (Å²) in [7, 11) is 0. The normalized spacial score (nSPS) is 15.6. The molecule has 1 aromatic heterocycles. The maximum atomic E-state index is 11.1. The Bertz CT molecular complexity index is 369. The van der Waals surface area contributed by atoms with Crippen LogP contribution in [0.25, 0.3) is 0 Å². The van der Waals surface area contributed by atoms with Crippen molar-refractivity contribution in [2.45, 2.75) is 18.7 Å². The lowest BCUT2D eigenvalue weighted by Gasteiger charge is -2.10. The third kappa shape index (κ3) is 2.86. The molecule has 0 bridgehead atoms. The predicted octanol–water partition coefficient (Wildman–Crippen LogP) is 2.27. The Kier molecular flexibility index (Phi) is 4.01. The number of hydrogen-bond donors (Lipinski definition) is 0. The smallest absolute Gasteiger partial charge is 0.409 e. The molecular weight excluding hydrogens is 248 g/mol. The van der Waals surface area contributed by atoms with Crippen LogP contribution in [0.15, 0.2) is 5.38 Å². The Balaban J connectivity index is 1.73. The molecule has 0 unspecified atom stereocenters. The van der Waals surface area contributed by atoms with Crippen LogP contribution in [0.4, 0.5) is 4.79 Å². The number of rotatable bonds is 5. The summed E-state index contributed by atoms with van der Waals surface area (Å²) in [6, 6.07) is 0. The van der Waals surface area contributed by atoms with Crippen LogP contribution in [0.3, 0.4) is 0 Å². The quantitative estimate of drug-likeness (QED) is 0.763. The molecule has 88 valence electrons. The van der Waals surface area contributed by atoms with Crippen LogP contribution < -0.4 is 0 Å². The van der Waals surface area contributed by atoms with E-state index in [1.54, 1.807) is 16.2 Å². The molecule has 0 N–H and O–H groups in total. The van der Waals surface area contributed by atoms with E-state index in [-0.39, 0.29) is 6.09 Å². The van der Waals surface area contributed by atoms with E-state index in [9.17, 15) is 4.79 Å². The summed E-state index contributed by atoms with van der Waals surface area (Å²) in [4.78, 5) is 17.2. The molecule has 1 aliphatic rings. The number of alkyl halides is 1. The van der Waals surface area contributed by atoms with E-state index in [0.717, 1.165) is 30.1 Å². The van der Waals surface area contributed by atoms with Gasteiger partial charge in [0.05, 0.1) is 23.1 Å². The first-order chi connectivity index (χ1) is 7.79. The van der Waals surface area contributed by atoms with E-state index in [1.165, 1.54) is 0 Å². The van der Waals surface area contributed by atoms with Crippen LogP contribution in [0, 0.1) is 0 Å². The fraction of sp³-hybridized carbons (Fsp3) is 0.600. The van der Waals surface area contributed by atoms with Gasteiger partial charge in [-0.15, -0.1) is 22.9 Å². The molecule has 1 aliphatic heterocycles. The summed E-state index contributed by atoms with van der Waals surface area (Å²) in [6.07, 6.45) is 1.62. The number of nitrogens with zero attached hydrogens (tertiary/aromatic N) is 2. The Hall–Kier alpha value is -0.810. The van der Waals surface area contributed by atoms with E-state index in [4.69, 9.17) is 16.3 Å². The van der Waals surface area contributed by atoms with Crippen LogP contribution in [-0.4, -0.2) is 35.7 Å². The van der Waals surface area contributed by atoms with Gasteiger partial charge in [-0.05, 0) is 6.42 Å². The fourth-order valence-electron chi connectivity index (χ4n) is 1.58. The average Bonchev–Trinajstić information content (AvgIpc) is 2.89.